The molecule has 1 aromatic rings. The third kappa shape index (κ3) is 3.13. The van der Waals surface area contributed by atoms with Crippen molar-refractivity contribution in [1.82, 2.24) is 0 Å². The van der Waals surface area contributed by atoms with Gasteiger partial charge in [0, 0.05) is 4.47 Å². The zero-order chi connectivity index (χ0) is 14.0. The monoisotopic (exact) mass is 354 g/mol. The van der Waals surface area contributed by atoms with Gasteiger partial charge in [-0.1, -0.05) is 46.7 Å². The molecule has 0 radical (unpaired) electrons. The molecule has 2 N–H and O–H groups in total. The van der Waals surface area contributed by atoms with Gasteiger partial charge in [0.1, 0.15) is 0 Å². The lowest BCUT2D eigenvalue weighted by molar-refractivity contribution is 0.836. The molecule has 1 aromatic carbocycles. The second kappa shape index (κ2) is 5.82. The van der Waals surface area contributed by atoms with Crippen molar-refractivity contribution in [2.75, 3.05) is 0 Å². The van der Waals surface area contributed by atoms with E-state index in [9.17, 15) is 5.26 Å². The molecule has 2 atom stereocenters. The summed E-state index contributed by atoms with van der Waals surface area (Å²) in [6.07, 6.45) is 1.01. The summed E-state index contributed by atoms with van der Waals surface area (Å²) in [6.45, 7) is 4.35. The van der Waals surface area contributed by atoms with Crippen molar-refractivity contribution in [2.24, 2.45) is 5.73 Å². The maximum atomic E-state index is 9.37. The third-order valence-electron chi connectivity index (χ3n) is 3.16. The van der Waals surface area contributed by atoms with Crippen LogP contribution in [0.5, 0.6) is 0 Å². The molecule has 0 spiro atoms. The van der Waals surface area contributed by atoms with E-state index in [0.717, 1.165) is 16.5 Å². The van der Waals surface area contributed by atoms with E-state index in [-0.39, 0.29) is 9.33 Å². The predicted octanol–water partition coefficient (Wildman–Crippen LogP) is 4.79. The summed E-state index contributed by atoms with van der Waals surface area (Å²) in [5.74, 6) is 0. The average Bonchev–Trinajstić information content (AvgIpc) is 2.39. The summed E-state index contributed by atoms with van der Waals surface area (Å²) in [7, 11) is 0. The number of halogens is 1. The molecule has 2 unspecified atom stereocenters. The molecule has 5 heteroatoms. The quantitative estimate of drug-likeness (QED) is 0.829. The predicted molar refractivity (Wildman–Crippen MR) is 87.6 cm³/mol. The van der Waals surface area contributed by atoms with Crippen LogP contribution in [-0.2, 0) is 0 Å². The second-order valence-electron chi connectivity index (χ2n) is 4.53. The number of thioether (sulfide) groups is 2. The highest BCUT2D eigenvalue weighted by atomic mass is 79.9. The Bertz CT molecular complexity index is 548. The highest BCUT2D eigenvalue weighted by molar-refractivity contribution is 9.10. The topological polar surface area (TPSA) is 49.8 Å². The Hall–Kier alpha value is -0.570. The fourth-order valence-electron chi connectivity index (χ4n) is 1.89. The van der Waals surface area contributed by atoms with Crippen LogP contribution in [0.4, 0.5) is 0 Å². The zero-order valence-electron chi connectivity index (χ0n) is 10.8. The van der Waals surface area contributed by atoms with E-state index in [1.54, 1.807) is 11.8 Å². The molecular formula is C14H15BrN2S2. The van der Waals surface area contributed by atoms with Crippen molar-refractivity contribution in [1.29, 1.82) is 5.26 Å². The summed E-state index contributed by atoms with van der Waals surface area (Å²) in [4.78, 5) is 0. The molecule has 19 heavy (non-hydrogen) atoms. The molecule has 2 rings (SSSR count). The van der Waals surface area contributed by atoms with E-state index in [0.29, 0.717) is 10.6 Å². The van der Waals surface area contributed by atoms with Gasteiger partial charge in [-0.15, -0.1) is 11.8 Å². The van der Waals surface area contributed by atoms with Gasteiger partial charge in [-0.3, -0.25) is 0 Å². The van der Waals surface area contributed by atoms with Crippen molar-refractivity contribution in [3.05, 3.63) is 44.9 Å². The van der Waals surface area contributed by atoms with Crippen LogP contribution in [0.2, 0.25) is 0 Å². The Morgan fingerprint density at radius 2 is 2.05 bits per heavy atom. The van der Waals surface area contributed by atoms with Crippen LogP contribution >= 0.6 is 39.5 Å². The third-order valence-corrected chi connectivity index (χ3v) is 6.91. The number of hydrogen-bond donors (Lipinski definition) is 1. The summed E-state index contributed by atoms with van der Waals surface area (Å²) in [6, 6.07) is 10.4. The van der Waals surface area contributed by atoms with E-state index >= 15 is 0 Å². The van der Waals surface area contributed by atoms with Crippen LogP contribution in [-0.4, -0.2) is 4.08 Å². The molecule has 0 aromatic heterocycles. The Balaban J connectivity index is 2.44. The molecule has 1 heterocycles. The normalized spacial score (nSPS) is 27.2. The van der Waals surface area contributed by atoms with Crippen LogP contribution in [0.25, 0.3) is 0 Å². The van der Waals surface area contributed by atoms with E-state index in [1.807, 2.05) is 23.9 Å². The SMILES string of the molecule is CCC1(C)SC(N)=C(C#N)C(c2ccc(Br)cc2)S1. The average molecular weight is 355 g/mol. The minimum atomic E-state index is 0.0299. The summed E-state index contributed by atoms with van der Waals surface area (Å²) < 4.78 is 1.07. The Labute approximate surface area is 131 Å². The Morgan fingerprint density at radius 1 is 1.42 bits per heavy atom. The lowest BCUT2D eigenvalue weighted by Crippen LogP contribution is -2.24. The van der Waals surface area contributed by atoms with Gasteiger partial charge < -0.3 is 5.73 Å². The van der Waals surface area contributed by atoms with Gasteiger partial charge in [-0.2, -0.15) is 5.26 Å². The number of nitrogens with two attached hydrogens (primary N) is 1. The highest BCUT2D eigenvalue weighted by Gasteiger charge is 2.37. The van der Waals surface area contributed by atoms with Gasteiger partial charge in [0.15, 0.2) is 0 Å². The van der Waals surface area contributed by atoms with Crippen molar-refractivity contribution < 1.29 is 0 Å². The number of nitrogens with zero attached hydrogens (tertiary/aromatic N) is 1. The molecule has 1 aliphatic heterocycles. The minimum absolute atomic E-state index is 0.0299. The molecule has 2 nitrogen and oxygen atoms in total. The second-order valence-corrected chi connectivity index (χ2v) is 8.86. The molecule has 0 saturated carbocycles. The Kier molecular flexibility index (Phi) is 4.54. The van der Waals surface area contributed by atoms with Gasteiger partial charge in [0.25, 0.3) is 0 Å². The van der Waals surface area contributed by atoms with Crippen molar-refractivity contribution in [3.8, 4) is 6.07 Å². The van der Waals surface area contributed by atoms with Crippen molar-refractivity contribution >= 4 is 39.5 Å². The van der Waals surface area contributed by atoms with Crippen LogP contribution in [0.1, 0.15) is 31.1 Å². The fraction of sp³-hybridized carbons (Fsp3) is 0.357. The molecule has 0 saturated heterocycles. The number of hydrogen-bond acceptors (Lipinski definition) is 4. The van der Waals surface area contributed by atoms with E-state index in [4.69, 9.17) is 5.73 Å². The molecule has 100 valence electrons. The molecule has 0 bridgehead atoms. The standard InChI is InChI=1S/C14H15BrN2S2/c1-3-14(2)18-12(11(8-16)13(17)19-14)9-4-6-10(15)7-5-9/h4-7,12H,3,17H2,1-2H3. The van der Waals surface area contributed by atoms with E-state index in [1.165, 1.54) is 0 Å². The number of benzene rings is 1. The van der Waals surface area contributed by atoms with Gasteiger partial charge in [0.05, 0.1) is 26.0 Å². The van der Waals surface area contributed by atoms with Crippen LogP contribution in [0.15, 0.2) is 39.3 Å². The van der Waals surface area contributed by atoms with Crippen molar-refractivity contribution in [3.63, 3.8) is 0 Å². The number of rotatable bonds is 2. The van der Waals surface area contributed by atoms with Crippen LogP contribution in [0.3, 0.4) is 0 Å². The van der Waals surface area contributed by atoms with Gasteiger partial charge in [-0.05, 0) is 31.0 Å². The lowest BCUT2D eigenvalue weighted by atomic mass is 10.1. The molecule has 0 fully saturated rings. The van der Waals surface area contributed by atoms with Gasteiger partial charge >= 0.3 is 0 Å². The van der Waals surface area contributed by atoms with Crippen LogP contribution < -0.4 is 5.73 Å². The summed E-state index contributed by atoms with van der Waals surface area (Å²) >= 11 is 6.86. The largest absolute Gasteiger partial charge is 0.393 e. The first-order valence-corrected chi connectivity index (χ1v) is 8.50. The number of nitriles is 1. The van der Waals surface area contributed by atoms with Crippen LogP contribution in [0, 0.1) is 11.3 Å². The summed E-state index contributed by atoms with van der Waals surface area (Å²) in [5, 5.41) is 10.1. The smallest absolute Gasteiger partial charge is 0.0990 e. The zero-order valence-corrected chi connectivity index (χ0v) is 14.0. The molecule has 0 aliphatic carbocycles. The molecule has 1 aliphatic rings. The molecule has 0 amide bonds. The highest BCUT2D eigenvalue weighted by Crippen LogP contribution is 2.56. The first kappa shape index (κ1) is 14.8. The van der Waals surface area contributed by atoms with Gasteiger partial charge in [-0.25, -0.2) is 0 Å². The Morgan fingerprint density at radius 3 is 2.58 bits per heavy atom. The van der Waals surface area contributed by atoms with Crippen molar-refractivity contribution in [2.45, 2.75) is 29.6 Å². The summed E-state index contributed by atoms with van der Waals surface area (Å²) in [5.41, 5.74) is 7.91. The first-order valence-electron chi connectivity index (χ1n) is 6.01. The van der Waals surface area contributed by atoms with E-state index in [2.05, 4.69) is 48.0 Å². The maximum Gasteiger partial charge on any atom is 0.0990 e. The fourth-order valence-corrected chi connectivity index (χ4v) is 5.12. The first-order chi connectivity index (χ1) is 8.99. The maximum absolute atomic E-state index is 9.37. The minimum Gasteiger partial charge on any atom is -0.393 e. The van der Waals surface area contributed by atoms with E-state index < -0.39 is 0 Å². The molecular weight excluding hydrogens is 340 g/mol. The van der Waals surface area contributed by atoms with Gasteiger partial charge in [0.2, 0.25) is 0 Å². The lowest BCUT2D eigenvalue weighted by Gasteiger charge is -2.36.